The van der Waals surface area contributed by atoms with Crippen LogP contribution in [-0.4, -0.2) is 6.04 Å². The van der Waals surface area contributed by atoms with Crippen molar-refractivity contribution in [1.82, 2.24) is 0 Å². The summed E-state index contributed by atoms with van der Waals surface area (Å²) in [6, 6.07) is 6.85. The third-order valence-electron chi connectivity index (χ3n) is 3.32. The van der Waals surface area contributed by atoms with Gasteiger partial charge in [-0.15, -0.1) is 0 Å². The molecule has 1 heteroatoms. The standard InChI is InChI=1S/C14H23N/c1-10(2)14(15)9-8-13-7-5-6-11(3)12(13)4/h5-7,10,14H,8-9,15H2,1-4H3. The SMILES string of the molecule is Cc1cccc(CCC(N)C(C)C)c1C. The number of nitrogens with two attached hydrogens (primary N) is 1. The first kappa shape index (κ1) is 12.3. The number of hydrogen-bond acceptors (Lipinski definition) is 1. The predicted octanol–water partition coefficient (Wildman–Crippen LogP) is 3.22. The topological polar surface area (TPSA) is 26.0 Å². The Labute approximate surface area is 93.7 Å². The molecule has 1 unspecified atom stereocenters. The van der Waals surface area contributed by atoms with Crippen molar-refractivity contribution in [2.75, 3.05) is 0 Å². The molecule has 0 fully saturated rings. The molecular weight excluding hydrogens is 182 g/mol. The second-order valence-electron chi connectivity index (χ2n) is 4.81. The Hall–Kier alpha value is -0.820. The summed E-state index contributed by atoms with van der Waals surface area (Å²) in [5.41, 5.74) is 10.3. The molecule has 1 rings (SSSR count). The van der Waals surface area contributed by atoms with Crippen LogP contribution in [0.3, 0.4) is 0 Å². The number of rotatable bonds is 4. The van der Waals surface area contributed by atoms with Crippen LogP contribution in [-0.2, 0) is 6.42 Å². The lowest BCUT2D eigenvalue weighted by Crippen LogP contribution is -2.26. The van der Waals surface area contributed by atoms with Crippen molar-refractivity contribution in [3.63, 3.8) is 0 Å². The summed E-state index contributed by atoms with van der Waals surface area (Å²) in [7, 11) is 0. The van der Waals surface area contributed by atoms with Crippen molar-refractivity contribution in [3.8, 4) is 0 Å². The highest BCUT2D eigenvalue weighted by molar-refractivity contribution is 5.33. The Bertz CT molecular complexity index is 315. The van der Waals surface area contributed by atoms with Crippen LogP contribution in [0.25, 0.3) is 0 Å². The zero-order chi connectivity index (χ0) is 11.4. The Kier molecular flexibility index (Phi) is 4.34. The normalized spacial score (nSPS) is 13.2. The summed E-state index contributed by atoms with van der Waals surface area (Å²) in [4.78, 5) is 0. The second kappa shape index (κ2) is 5.32. The van der Waals surface area contributed by atoms with Gasteiger partial charge in [0.05, 0.1) is 0 Å². The van der Waals surface area contributed by atoms with E-state index < -0.39 is 0 Å². The van der Waals surface area contributed by atoms with Crippen molar-refractivity contribution >= 4 is 0 Å². The van der Waals surface area contributed by atoms with Crippen LogP contribution in [0.4, 0.5) is 0 Å². The zero-order valence-electron chi connectivity index (χ0n) is 10.4. The molecule has 15 heavy (non-hydrogen) atoms. The first-order valence-electron chi connectivity index (χ1n) is 5.83. The van der Waals surface area contributed by atoms with E-state index in [2.05, 4.69) is 45.9 Å². The van der Waals surface area contributed by atoms with Crippen LogP contribution in [0.5, 0.6) is 0 Å². The fourth-order valence-electron chi connectivity index (χ4n) is 1.74. The van der Waals surface area contributed by atoms with Gasteiger partial charge >= 0.3 is 0 Å². The largest absolute Gasteiger partial charge is 0.327 e. The van der Waals surface area contributed by atoms with Gasteiger partial charge in [0.2, 0.25) is 0 Å². The smallest absolute Gasteiger partial charge is 0.00650 e. The summed E-state index contributed by atoms with van der Waals surface area (Å²) in [5, 5.41) is 0. The van der Waals surface area contributed by atoms with E-state index in [0.717, 1.165) is 12.8 Å². The van der Waals surface area contributed by atoms with Crippen molar-refractivity contribution < 1.29 is 0 Å². The third kappa shape index (κ3) is 3.35. The van der Waals surface area contributed by atoms with E-state index in [0.29, 0.717) is 12.0 Å². The van der Waals surface area contributed by atoms with Crippen molar-refractivity contribution in [2.24, 2.45) is 11.7 Å². The average Bonchev–Trinajstić information content (AvgIpc) is 2.19. The molecule has 1 aromatic carbocycles. The van der Waals surface area contributed by atoms with Gasteiger partial charge in [-0.3, -0.25) is 0 Å². The van der Waals surface area contributed by atoms with Gasteiger partial charge in [-0.1, -0.05) is 32.0 Å². The van der Waals surface area contributed by atoms with Crippen LogP contribution >= 0.6 is 0 Å². The highest BCUT2D eigenvalue weighted by Crippen LogP contribution is 2.16. The molecule has 0 heterocycles. The minimum Gasteiger partial charge on any atom is -0.327 e. The fourth-order valence-corrected chi connectivity index (χ4v) is 1.74. The zero-order valence-corrected chi connectivity index (χ0v) is 10.4. The van der Waals surface area contributed by atoms with Gasteiger partial charge < -0.3 is 5.73 Å². The molecule has 0 saturated heterocycles. The second-order valence-corrected chi connectivity index (χ2v) is 4.81. The molecule has 0 radical (unpaired) electrons. The maximum atomic E-state index is 6.05. The monoisotopic (exact) mass is 205 g/mol. The van der Waals surface area contributed by atoms with Crippen LogP contribution in [0, 0.1) is 19.8 Å². The molecule has 1 aromatic rings. The van der Waals surface area contributed by atoms with E-state index in [9.17, 15) is 0 Å². The lowest BCUT2D eigenvalue weighted by atomic mass is 9.94. The molecule has 2 N–H and O–H groups in total. The molecule has 0 saturated carbocycles. The van der Waals surface area contributed by atoms with Gasteiger partial charge in [0.1, 0.15) is 0 Å². The van der Waals surface area contributed by atoms with Crippen molar-refractivity contribution in [2.45, 2.75) is 46.6 Å². The highest BCUT2D eigenvalue weighted by Gasteiger charge is 2.08. The van der Waals surface area contributed by atoms with E-state index >= 15 is 0 Å². The maximum absolute atomic E-state index is 6.05. The molecule has 84 valence electrons. The average molecular weight is 205 g/mol. The quantitative estimate of drug-likeness (QED) is 0.802. The first-order valence-corrected chi connectivity index (χ1v) is 5.83. The van der Waals surface area contributed by atoms with E-state index in [1.807, 2.05) is 0 Å². The van der Waals surface area contributed by atoms with E-state index in [4.69, 9.17) is 5.73 Å². The highest BCUT2D eigenvalue weighted by atomic mass is 14.6. The Morgan fingerprint density at radius 1 is 1.20 bits per heavy atom. The van der Waals surface area contributed by atoms with Crippen LogP contribution in [0.2, 0.25) is 0 Å². The maximum Gasteiger partial charge on any atom is 0.00650 e. The first-order chi connectivity index (χ1) is 7.02. The van der Waals surface area contributed by atoms with Gasteiger partial charge in [0, 0.05) is 6.04 Å². The fraction of sp³-hybridized carbons (Fsp3) is 0.571. The molecular formula is C14H23N. The Morgan fingerprint density at radius 3 is 2.47 bits per heavy atom. The van der Waals surface area contributed by atoms with Gasteiger partial charge in [-0.25, -0.2) is 0 Å². The molecule has 0 spiro atoms. The molecule has 0 aromatic heterocycles. The number of hydrogen-bond donors (Lipinski definition) is 1. The Balaban J connectivity index is 2.62. The summed E-state index contributed by atoms with van der Waals surface area (Å²) in [6.45, 7) is 8.74. The predicted molar refractivity (Wildman–Crippen MR) is 67.1 cm³/mol. The molecule has 0 aliphatic rings. The molecule has 0 aliphatic heterocycles. The van der Waals surface area contributed by atoms with Gasteiger partial charge in [-0.05, 0) is 49.3 Å². The molecule has 1 nitrogen and oxygen atoms in total. The van der Waals surface area contributed by atoms with Gasteiger partial charge in [-0.2, -0.15) is 0 Å². The summed E-state index contributed by atoms with van der Waals surface area (Å²) < 4.78 is 0. The van der Waals surface area contributed by atoms with Crippen molar-refractivity contribution in [1.29, 1.82) is 0 Å². The summed E-state index contributed by atoms with van der Waals surface area (Å²) in [5.74, 6) is 0.579. The minimum absolute atomic E-state index is 0.324. The van der Waals surface area contributed by atoms with Crippen molar-refractivity contribution in [3.05, 3.63) is 34.9 Å². The lowest BCUT2D eigenvalue weighted by molar-refractivity contribution is 0.464. The third-order valence-corrected chi connectivity index (χ3v) is 3.32. The van der Waals surface area contributed by atoms with Crippen LogP contribution in [0.1, 0.15) is 37.0 Å². The lowest BCUT2D eigenvalue weighted by Gasteiger charge is -2.16. The van der Waals surface area contributed by atoms with E-state index in [1.54, 1.807) is 0 Å². The van der Waals surface area contributed by atoms with Gasteiger partial charge in [0.15, 0.2) is 0 Å². The molecule has 0 bridgehead atoms. The van der Waals surface area contributed by atoms with Crippen LogP contribution < -0.4 is 5.73 Å². The molecule has 0 amide bonds. The summed E-state index contributed by atoms with van der Waals surface area (Å²) >= 11 is 0. The molecule has 1 atom stereocenters. The number of benzene rings is 1. The van der Waals surface area contributed by atoms with Gasteiger partial charge in [0.25, 0.3) is 0 Å². The Morgan fingerprint density at radius 2 is 1.87 bits per heavy atom. The van der Waals surface area contributed by atoms with Crippen LogP contribution in [0.15, 0.2) is 18.2 Å². The minimum atomic E-state index is 0.324. The van der Waals surface area contributed by atoms with E-state index in [-0.39, 0.29) is 0 Å². The molecule has 0 aliphatic carbocycles. The van der Waals surface area contributed by atoms with E-state index in [1.165, 1.54) is 16.7 Å². The summed E-state index contributed by atoms with van der Waals surface area (Å²) in [6.07, 6.45) is 2.19. The number of aryl methyl sites for hydroxylation is 2.